The fourth-order valence-corrected chi connectivity index (χ4v) is 3.06. The lowest BCUT2D eigenvalue weighted by atomic mass is 10.3. The Labute approximate surface area is 139 Å². The Kier molecular flexibility index (Phi) is 4.26. The zero-order valence-electron chi connectivity index (χ0n) is 12.9. The van der Waals surface area contributed by atoms with Crippen molar-refractivity contribution >= 4 is 32.5 Å². The van der Waals surface area contributed by atoms with Crippen LogP contribution in [0.25, 0.3) is 11.0 Å². The van der Waals surface area contributed by atoms with Crippen LogP contribution in [0.1, 0.15) is 17.4 Å². The van der Waals surface area contributed by atoms with Gasteiger partial charge in [0, 0.05) is 5.69 Å². The lowest BCUT2D eigenvalue weighted by Crippen LogP contribution is -2.14. The van der Waals surface area contributed by atoms with Crippen LogP contribution in [0.15, 0.2) is 59.6 Å². The molecule has 0 spiro atoms. The Hall–Kier alpha value is -2.80. The van der Waals surface area contributed by atoms with Gasteiger partial charge < -0.3 is 5.32 Å². The average Bonchev–Trinajstić information content (AvgIpc) is 2.61. The highest BCUT2D eigenvalue weighted by molar-refractivity contribution is 7.91. The third-order valence-electron chi connectivity index (χ3n) is 3.53. The number of carbonyl (C=O) groups excluding carboxylic acids is 1. The number of sulfone groups is 1. The average molecular weight is 341 g/mol. The minimum atomic E-state index is -3.25. The highest BCUT2D eigenvalue weighted by Crippen LogP contribution is 2.16. The van der Waals surface area contributed by atoms with Gasteiger partial charge in [0.2, 0.25) is 0 Å². The smallest absolute Gasteiger partial charge is 0.275 e. The zero-order chi connectivity index (χ0) is 17.2. The Morgan fingerprint density at radius 1 is 1.04 bits per heavy atom. The van der Waals surface area contributed by atoms with Crippen molar-refractivity contribution in [1.29, 1.82) is 0 Å². The summed E-state index contributed by atoms with van der Waals surface area (Å²) in [5.74, 6) is -0.370. The van der Waals surface area contributed by atoms with E-state index in [2.05, 4.69) is 15.3 Å². The van der Waals surface area contributed by atoms with Crippen LogP contribution in [0.2, 0.25) is 0 Å². The maximum Gasteiger partial charge on any atom is 0.275 e. The molecule has 1 N–H and O–H groups in total. The van der Waals surface area contributed by atoms with Gasteiger partial charge in [0.05, 0.1) is 27.9 Å². The topological polar surface area (TPSA) is 89.0 Å². The van der Waals surface area contributed by atoms with E-state index in [1.807, 2.05) is 18.2 Å². The molecule has 2 aromatic carbocycles. The maximum absolute atomic E-state index is 12.3. The second kappa shape index (κ2) is 6.37. The van der Waals surface area contributed by atoms with E-state index >= 15 is 0 Å². The predicted molar refractivity (Wildman–Crippen MR) is 91.7 cm³/mol. The van der Waals surface area contributed by atoms with Crippen LogP contribution in [-0.2, 0) is 9.84 Å². The molecular weight excluding hydrogens is 326 g/mol. The van der Waals surface area contributed by atoms with Crippen molar-refractivity contribution in [2.75, 3.05) is 11.1 Å². The number of carbonyl (C=O) groups is 1. The van der Waals surface area contributed by atoms with Crippen LogP contribution >= 0.6 is 0 Å². The van der Waals surface area contributed by atoms with Crippen molar-refractivity contribution in [3.63, 3.8) is 0 Å². The summed E-state index contributed by atoms with van der Waals surface area (Å²) in [7, 11) is -3.25. The highest BCUT2D eigenvalue weighted by atomic mass is 32.2. The second-order valence-electron chi connectivity index (χ2n) is 5.13. The van der Waals surface area contributed by atoms with Gasteiger partial charge in [-0.15, -0.1) is 0 Å². The van der Waals surface area contributed by atoms with Crippen molar-refractivity contribution < 1.29 is 13.2 Å². The predicted octanol–water partition coefficient (Wildman–Crippen LogP) is 2.68. The molecule has 0 radical (unpaired) electrons. The van der Waals surface area contributed by atoms with Gasteiger partial charge in [-0.2, -0.15) is 0 Å². The van der Waals surface area contributed by atoms with Gasteiger partial charge in [0.25, 0.3) is 5.91 Å². The number of aromatic nitrogens is 2. The summed E-state index contributed by atoms with van der Waals surface area (Å²) in [5.41, 5.74) is 2.03. The summed E-state index contributed by atoms with van der Waals surface area (Å²) in [6, 6.07) is 13.3. The minimum Gasteiger partial charge on any atom is -0.321 e. The van der Waals surface area contributed by atoms with E-state index in [9.17, 15) is 13.2 Å². The Morgan fingerprint density at radius 2 is 1.71 bits per heavy atom. The molecule has 6 nitrogen and oxygen atoms in total. The van der Waals surface area contributed by atoms with E-state index in [-0.39, 0.29) is 16.3 Å². The van der Waals surface area contributed by atoms with E-state index in [0.29, 0.717) is 16.7 Å². The molecule has 0 saturated heterocycles. The quantitative estimate of drug-likeness (QED) is 0.788. The number of benzene rings is 2. The van der Waals surface area contributed by atoms with E-state index in [4.69, 9.17) is 0 Å². The zero-order valence-corrected chi connectivity index (χ0v) is 13.7. The van der Waals surface area contributed by atoms with E-state index in [1.165, 1.54) is 18.3 Å². The van der Waals surface area contributed by atoms with E-state index < -0.39 is 15.7 Å². The Morgan fingerprint density at radius 3 is 2.38 bits per heavy atom. The maximum atomic E-state index is 12.3. The molecule has 0 bridgehead atoms. The van der Waals surface area contributed by atoms with Gasteiger partial charge in [-0.1, -0.05) is 19.1 Å². The van der Waals surface area contributed by atoms with Gasteiger partial charge >= 0.3 is 0 Å². The fourth-order valence-electron chi connectivity index (χ4n) is 2.17. The number of hydrogen-bond donors (Lipinski definition) is 1. The van der Waals surface area contributed by atoms with Crippen LogP contribution in [-0.4, -0.2) is 30.0 Å². The lowest BCUT2D eigenvalue weighted by Gasteiger charge is -2.07. The summed E-state index contributed by atoms with van der Waals surface area (Å²) in [5, 5.41) is 2.68. The summed E-state index contributed by atoms with van der Waals surface area (Å²) in [6.45, 7) is 1.59. The molecule has 1 aromatic heterocycles. The standard InChI is InChI=1S/C17H15N3O3S/c1-2-24(22,23)13-9-7-12(8-10-13)19-17(21)16-11-18-14-5-3-4-6-15(14)20-16/h3-11H,2H2,1H3,(H,19,21). The van der Waals surface area contributed by atoms with Crippen LogP contribution in [0.3, 0.4) is 0 Å². The Balaban J connectivity index is 1.81. The third kappa shape index (κ3) is 3.26. The number of nitrogens with zero attached hydrogens (tertiary/aromatic N) is 2. The molecular formula is C17H15N3O3S. The molecule has 0 aliphatic heterocycles. The summed E-state index contributed by atoms with van der Waals surface area (Å²) < 4.78 is 23.5. The SMILES string of the molecule is CCS(=O)(=O)c1ccc(NC(=O)c2cnc3ccccc3n2)cc1. The molecule has 0 atom stereocenters. The second-order valence-corrected chi connectivity index (χ2v) is 7.40. The summed E-state index contributed by atoms with van der Waals surface area (Å²) in [4.78, 5) is 21.0. The first kappa shape index (κ1) is 16.1. The highest BCUT2D eigenvalue weighted by Gasteiger charge is 2.13. The molecule has 0 saturated carbocycles. The van der Waals surface area contributed by atoms with E-state index in [0.717, 1.165) is 0 Å². The number of hydrogen-bond acceptors (Lipinski definition) is 5. The number of amides is 1. The molecule has 3 rings (SSSR count). The van der Waals surface area contributed by atoms with Gasteiger partial charge in [-0.3, -0.25) is 9.78 Å². The first-order valence-electron chi connectivity index (χ1n) is 7.35. The third-order valence-corrected chi connectivity index (χ3v) is 5.28. The largest absolute Gasteiger partial charge is 0.321 e. The molecule has 1 heterocycles. The first-order chi connectivity index (χ1) is 11.5. The first-order valence-corrected chi connectivity index (χ1v) is 9.01. The number of fused-ring (bicyclic) bond motifs is 1. The van der Waals surface area contributed by atoms with Crippen molar-refractivity contribution in [2.45, 2.75) is 11.8 Å². The summed E-state index contributed by atoms with van der Waals surface area (Å²) >= 11 is 0. The van der Waals surface area contributed by atoms with Crippen molar-refractivity contribution in [1.82, 2.24) is 9.97 Å². The van der Waals surface area contributed by atoms with Crippen LogP contribution in [0, 0.1) is 0 Å². The number of rotatable bonds is 4. The normalized spacial score (nSPS) is 11.4. The molecule has 24 heavy (non-hydrogen) atoms. The number of anilines is 1. The molecule has 0 aliphatic carbocycles. The van der Waals surface area contributed by atoms with Crippen molar-refractivity contribution in [3.8, 4) is 0 Å². The van der Waals surface area contributed by atoms with E-state index in [1.54, 1.807) is 25.1 Å². The molecule has 0 unspecified atom stereocenters. The molecule has 0 fully saturated rings. The van der Waals surface area contributed by atoms with Gasteiger partial charge in [0.1, 0.15) is 5.69 Å². The van der Waals surface area contributed by atoms with Crippen molar-refractivity contribution in [2.24, 2.45) is 0 Å². The molecule has 3 aromatic rings. The van der Waals surface area contributed by atoms with Crippen LogP contribution in [0.5, 0.6) is 0 Å². The van der Waals surface area contributed by atoms with Crippen molar-refractivity contribution in [3.05, 3.63) is 60.4 Å². The monoisotopic (exact) mass is 341 g/mol. The minimum absolute atomic E-state index is 0.0331. The van der Waals surface area contributed by atoms with Crippen LogP contribution < -0.4 is 5.32 Å². The molecule has 1 amide bonds. The lowest BCUT2D eigenvalue weighted by molar-refractivity contribution is 0.102. The van der Waals surface area contributed by atoms with Gasteiger partial charge in [0.15, 0.2) is 9.84 Å². The van der Waals surface area contributed by atoms with Crippen LogP contribution in [0.4, 0.5) is 5.69 Å². The molecule has 7 heteroatoms. The Bertz CT molecular complexity index is 999. The molecule has 122 valence electrons. The fraction of sp³-hybridized carbons (Fsp3) is 0.118. The summed E-state index contributed by atoms with van der Waals surface area (Å²) in [6.07, 6.45) is 1.41. The number of nitrogens with one attached hydrogen (secondary N) is 1. The van der Waals surface area contributed by atoms with Gasteiger partial charge in [-0.25, -0.2) is 13.4 Å². The van der Waals surface area contributed by atoms with Gasteiger partial charge in [-0.05, 0) is 36.4 Å². The number of para-hydroxylation sites is 2. The molecule has 0 aliphatic rings.